The summed E-state index contributed by atoms with van der Waals surface area (Å²) in [7, 11) is 0. The molecule has 3 rings (SSSR count). The van der Waals surface area contributed by atoms with Gasteiger partial charge in [-0.25, -0.2) is 0 Å². The molecule has 0 bridgehead atoms. The summed E-state index contributed by atoms with van der Waals surface area (Å²) < 4.78 is 2.02. The molecule has 1 atom stereocenters. The number of carbonyl (C=O) groups is 1. The normalized spacial score (nSPS) is 23.9. The first-order valence-corrected chi connectivity index (χ1v) is 8.51. The monoisotopic (exact) mass is 301 g/mol. The van der Waals surface area contributed by atoms with Crippen LogP contribution >= 0.6 is 0 Å². The molecular weight excluding hydrogens is 274 g/mol. The Morgan fingerprint density at radius 2 is 2.23 bits per heavy atom. The van der Waals surface area contributed by atoms with Crippen molar-refractivity contribution >= 4 is 5.91 Å². The molecule has 0 saturated carbocycles. The number of hydrogen-bond donors (Lipinski definition) is 0. The molecule has 0 aromatic carbocycles. The van der Waals surface area contributed by atoms with Gasteiger partial charge in [-0.2, -0.15) is 5.10 Å². The van der Waals surface area contributed by atoms with Gasteiger partial charge in [0.25, 0.3) is 5.91 Å². The Kier molecular flexibility index (Phi) is 4.11. The van der Waals surface area contributed by atoms with Crippen molar-refractivity contribution in [2.24, 2.45) is 5.41 Å². The van der Waals surface area contributed by atoms with Gasteiger partial charge < -0.3 is 4.90 Å². The molecule has 2 aliphatic heterocycles. The number of carbonyl (C=O) groups excluding carboxylic acids is 1. The van der Waals surface area contributed by atoms with Crippen LogP contribution in [0.3, 0.4) is 0 Å². The minimum atomic E-state index is 0.148. The molecule has 1 aromatic rings. The van der Waals surface area contributed by atoms with Gasteiger partial charge in [-0.05, 0) is 43.9 Å². The van der Waals surface area contributed by atoms with Gasteiger partial charge >= 0.3 is 0 Å². The molecule has 4 nitrogen and oxygen atoms in total. The highest BCUT2D eigenvalue weighted by atomic mass is 16.2. The summed E-state index contributed by atoms with van der Waals surface area (Å²) >= 11 is 0. The van der Waals surface area contributed by atoms with Gasteiger partial charge in [0.1, 0.15) is 0 Å². The molecule has 120 valence electrons. The summed E-state index contributed by atoms with van der Waals surface area (Å²) in [5.41, 5.74) is 2.11. The van der Waals surface area contributed by atoms with Gasteiger partial charge in [-0.3, -0.25) is 9.48 Å². The summed E-state index contributed by atoms with van der Waals surface area (Å²) in [6.07, 6.45) is 10.1. The largest absolute Gasteiger partial charge is 0.335 e. The first-order valence-electron chi connectivity index (χ1n) is 8.51. The number of piperidine rings is 1. The lowest BCUT2D eigenvalue weighted by Crippen LogP contribution is -2.52. The standard InChI is InChI=1S/C18H27N3O/c1-4-8-16-18(2,3)10-7-11-20(16)17(22)14-13-19-21-12-6-5-9-15(14)21/h4,13,16H,1,5-12H2,2-3H3/t16-/m0/s1. The number of hydrogen-bond acceptors (Lipinski definition) is 2. The van der Waals surface area contributed by atoms with Crippen molar-refractivity contribution in [2.45, 2.75) is 65.0 Å². The lowest BCUT2D eigenvalue weighted by atomic mass is 9.75. The number of nitrogens with zero attached hydrogens (tertiary/aromatic N) is 3. The first-order chi connectivity index (χ1) is 10.5. The van der Waals surface area contributed by atoms with Gasteiger partial charge in [0.05, 0.1) is 17.5 Å². The molecule has 2 aliphatic rings. The Hall–Kier alpha value is -1.58. The third-order valence-corrected chi connectivity index (χ3v) is 5.36. The summed E-state index contributed by atoms with van der Waals surface area (Å²) in [5.74, 6) is 0.169. The van der Waals surface area contributed by atoms with E-state index in [9.17, 15) is 4.79 Å². The van der Waals surface area contributed by atoms with Crippen molar-refractivity contribution in [1.29, 1.82) is 0 Å². The first kappa shape index (κ1) is 15.3. The predicted molar refractivity (Wildman–Crippen MR) is 87.8 cm³/mol. The molecule has 1 saturated heterocycles. The van der Waals surface area contributed by atoms with Crippen molar-refractivity contribution in [3.8, 4) is 0 Å². The highest BCUT2D eigenvalue weighted by molar-refractivity contribution is 5.95. The Bertz CT molecular complexity index is 573. The van der Waals surface area contributed by atoms with Crippen LogP contribution in [0.5, 0.6) is 0 Å². The molecule has 0 spiro atoms. The topological polar surface area (TPSA) is 38.1 Å². The molecule has 4 heteroatoms. The maximum atomic E-state index is 13.1. The van der Waals surface area contributed by atoms with E-state index in [1.165, 1.54) is 6.42 Å². The van der Waals surface area contributed by atoms with E-state index >= 15 is 0 Å². The van der Waals surface area contributed by atoms with Crippen LogP contribution in [0.2, 0.25) is 0 Å². The molecule has 1 amide bonds. The van der Waals surface area contributed by atoms with Crippen LogP contribution in [0, 0.1) is 5.41 Å². The smallest absolute Gasteiger partial charge is 0.257 e. The molecule has 22 heavy (non-hydrogen) atoms. The van der Waals surface area contributed by atoms with Gasteiger partial charge in [0, 0.05) is 19.1 Å². The summed E-state index contributed by atoms with van der Waals surface area (Å²) in [4.78, 5) is 15.2. The third kappa shape index (κ3) is 2.59. The van der Waals surface area contributed by atoms with E-state index in [1.807, 2.05) is 10.8 Å². The summed E-state index contributed by atoms with van der Waals surface area (Å²) in [6, 6.07) is 0.241. The summed E-state index contributed by atoms with van der Waals surface area (Å²) in [6.45, 7) is 10.2. The average molecular weight is 301 g/mol. The van der Waals surface area contributed by atoms with Crippen LogP contribution in [0.25, 0.3) is 0 Å². The van der Waals surface area contributed by atoms with Crippen molar-refractivity contribution < 1.29 is 4.79 Å². The van der Waals surface area contributed by atoms with Crippen LogP contribution in [-0.2, 0) is 13.0 Å². The second kappa shape index (κ2) is 5.90. The second-order valence-corrected chi connectivity index (χ2v) is 7.32. The lowest BCUT2D eigenvalue weighted by Gasteiger charge is -2.46. The molecule has 1 aromatic heterocycles. The van der Waals surface area contributed by atoms with Crippen molar-refractivity contribution in [3.05, 3.63) is 30.1 Å². The zero-order valence-electron chi connectivity index (χ0n) is 13.8. The molecule has 3 heterocycles. The SMILES string of the molecule is C=CC[C@@H]1N(C(=O)c2cnn3c2CCCC3)CCCC1(C)C. The van der Waals surface area contributed by atoms with Crippen LogP contribution in [0.4, 0.5) is 0 Å². The maximum absolute atomic E-state index is 13.1. The molecule has 0 N–H and O–H groups in total. The van der Waals surface area contributed by atoms with Crippen molar-refractivity contribution in [3.63, 3.8) is 0 Å². The van der Waals surface area contributed by atoms with Gasteiger partial charge in [-0.1, -0.05) is 19.9 Å². The Balaban J connectivity index is 1.89. The zero-order valence-corrected chi connectivity index (χ0v) is 13.8. The highest BCUT2D eigenvalue weighted by Gasteiger charge is 2.40. The van der Waals surface area contributed by atoms with E-state index in [0.29, 0.717) is 0 Å². The van der Waals surface area contributed by atoms with Gasteiger partial charge in [0.2, 0.25) is 0 Å². The highest BCUT2D eigenvalue weighted by Crippen LogP contribution is 2.38. The zero-order chi connectivity index (χ0) is 15.7. The number of amides is 1. The van der Waals surface area contributed by atoms with E-state index < -0.39 is 0 Å². The molecular formula is C18H27N3O. The van der Waals surface area contributed by atoms with Crippen molar-refractivity contribution in [2.75, 3.05) is 6.54 Å². The minimum Gasteiger partial charge on any atom is -0.335 e. The Labute approximate surface area is 133 Å². The van der Waals surface area contributed by atoms with E-state index in [0.717, 1.165) is 56.5 Å². The minimum absolute atomic E-state index is 0.148. The fourth-order valence-corrected chi connectivity index (χ4v) is 4.05. The number of aryl methyl sites for hydroxylation is 1. The average Bonchev–Trinajstić information content (AvgIpc) is 2.92. The van der Waals surface area contributed by atoms with E-state index in [2.05, 4.69) is 30.4 Å². The number of likely N-dealkylation sites (tertiary alicyclic amines) is 1. The molecule has 0 aliphatic carbocycles. The quantitative estimate of drug-likeness (QED) is 0.802. The lowest BCUT2D eigenvalue weighted by molar-refractivity contribution is 0.0286. The van der Waals surface area contributed by atoms with Gasteiger partial charge in [0.15, 0.2) is 0 Å². The number of aromatic nitrogens is 2. The van der Waals surface area contributed by atoms with Crippen LogP contribution < -0.4 is 0 Å². The maximum Gasteiger partial charge on any atom is 0.257 e. The van der Waals surface area contributed by atoms with Crippen molar-refractivity contribution in [1.82, 2.24) is 14.7 Å². The Morgan fingerprint density at radius 3 is 3.00 bits per heavy atom. The fraction of sp³-hybridized carbons (Fsp3) is 0.667. The fourth-order valence-electron chi connectivity index (χ4n) is 4.05. The molecule has 0 unspecified atom stereocenters. The van der Waals surface area contributed by atoms with E-state index in [4.69, 9.17) is 0 Å². The predicted octanol–water partition coefficient (Wildman–Crippen LogP) is 3.43. The van der Waals surface area contributed by atoms with E-state index in [-0.39, 0.29) is 17.4 Å². The van der Waals surface area contributed by atoms with Crippen LogP contribution in [-0.4, -0.2) is 33.2 Å². The summed E-state index contributed by atoms with van der Waals surface area (Å²) in [5, 5.41) is 4.43. The second-order valence-electron chi connectivity index (χ2n) is 7.32. The molecule has 0 radical (unpaired) electrons. The molecule has 1 fully saturated rings. The van der Waals surface area contributed by atoms with Gasteiger partial charge in [-0.15, -0.1) is 6.58 Å². The van der Waals surface area contributed by atoms with Crippen LogP contribution in [0.15, 0.2) is 18.9 Å². The third-order valence-electron chi connectivity index (χ3n) is 5.36. The number of fused-ring (bicyclic) bond motifs is 1. The Morgan fingerprint density at radius 1 is 1.41 bits per heavy atom. The van der Waals surface area contributed by atoms with E-state index in [1.54, 1.807) is 6.20 Å². The number of rotatable bonds is 3. The van der Waals surface area contributed by atoms with Crippen LogP contribution in [0.1, 0.15) is 62.0 Å².